The lowest BCUT2D eigenvalue weighted by molar-refractivity contribution is -0.131. The zero-order valence-electron chi connectivity index (χ0n) is 24.7. The van der Waals surface area contributed by atoms with Gasteiger partial charge in [-0.2, -0.15) is 4.68 Å². The Morgan fingerprint density at radius 3 is 2.66 bits per heavy atom. The fourth-order valence-electron chi connectivity index (χ4n) is 5.24. The molecule has 2 N–H and O–H groups in total. The number of benzene rings is 2. The average molecular weight is 637 g/mol. The van der Waals surface area contributed by atoms with Gasteiger partial charge in [-0.3, -0.25) is 9.59 Å². The average Bonchev–Trinajstić information content (AvgIpc) is 3.61. The van der Waals surface area contributed by atoms with E-state index in [9.17, 15) is 9.59 Å². The van der Waals surface area contributed by atoms with Gasteiger partial charge in [0.05, 0.1) is 18.2 Å². The standard InChI is InChI=1S/C31H35Cl2N9O2/c1-3-13-40-14-4-15-41(17-16-40)28(44)19-25(31-36-29(30(33)37-31)22-7-5-21(2)6-8-22)35-27(43)12-9-23-18-24(32)10-11-26(23)42-20-34-38-39-42/h5-12,18,20,25H,3-4,13-17,19H2,1-2H3,(H,35,43)(H,36,37)/b12-9+/t25-/m0/s1. The van der Waals surface area contributed by atoms with Crippen LogP contribution in [-0.4, -0.2) is 84.5 Å². The molecular formula is C31H35Cl2N9O2. The smallest absolute Gasteiger partial charge is 0.244 e. The zero-order valence-corrected chi connectivity index (χ0v) is 26.2. The minimum Gasteiger partial charge on any atom is -0.342 e. The quantitative estimate of drug-likeness (QED) is 0.238. The molecule has 0 spiro atoms. The van der Waals surface area contributed by atoms with Gasteiger partial charge in [-0.05, 0) is 67.6 Å². The number of nitrogens with one attached hydrogen (secondary N) is 2. The van der Waals surface area contributed by atoms with Crippen molar-refractivity contribution in [3.63, 3.8) is 0 Å². The number of hydrogen-bond donors (Lipinski definition) is 2. The molecule has 0 saturated carbocycles. The van der Waals surface area contributed by atoms with Crippen molar-refractivity contribution in [1.29, 1.82) is 0 Å². The van der Waals surface area contributed by atoms with Crippen LogP contribution in [0.5, 0.6) is 0 Å². The van der Waals surface area contributed by atoms with E-state index in [1.807, 2.05) is 36.1 Å². The van der Waals surface area contributed by atoms with Crippen LogP contribution < -0.4 is 5.32 Å². The molecular weight excluding hydrogens is 601 g/mol. The Balaban J connectivity index is 1.38. The second-order valence-corrected chi connectivity index (χ2v) is 11.6. The number of nitrogens with zero attached hydrogens (tertiary/aromatic N) is 7. The van der Waals surface area contributed by atoms with Gasteiger partial charge in [-0.15, -0.1) is 5.10 Å². The Labute approximate surface area is 266 Å². The Kier molecular flexibility index (Phi) is 10.4. The number of aryl methyl sites for hydroxylation is 1. The number of aromatic amines is 1. The predicted molar refractivity (Wildman–Crippen MR) is 170 cm³/mol. The van der Waals surface area contributed by atoms with Gasteiger partial charge in [-0.25, -0.2) is 4.98 Å². The molecule has 3 heterocycles. The lowest BCUT2D eigenvalue weighted by Gasteiger charge is -2.24. The van der Waals surface area contributed by atoms with Gasteiger partial charge in [0.15, 0.2) is 0 Å². The molecule has 1 aliphatic heterocycles. The minimum absolute atomic E-state index is 0.0254. The van der Waals surface area contributed by atoms with Crippen molar-refractivity contribution in [2.24, 2.45) is 0 Å². The van der Waals surface area contributed by atoms with E-state index >= 15 is 0 Å². The number of H-pyrrole nitrogens is 1. The van der Waals surface area contributed by atoms with Crippen LogP contribution in [0.15, 0.2) is 54.9 Å². The lowest BCUT2D eigenvalue weighted by atomic mass is 10.1. The Hall–Kier alpha value is -4.06. The van der Waals surface area contributed by atoms with Crippen LogP contribution in [0.2, 0.25) is 10.2 Å². The van der Waals surface area contributed by atoms with Crippen molar-refractivity contribution in [3.05, 3.63) is 82.0 Å². The Morgan fingerprint density at radius 2 is 1.91 bits per heavy atom. The second kappa shape index (κ2) is 14.6. The molecule has 1 fully saturated rings. The van der Waals surface area contributed by atoms with Crippen LogP contribution in [-0.2, 0) is 9.59 Å². The highest BCUT2D eigenvalue weighted by Crippen LogP contribution is 2.29. The lowest BCUT2D eigenvalue weighted by Crippen LogP contribution is -2.38. The Morgan fingerprint density at radius 1 is 1.09 bits per heavy atom. The molecule has 0 aliphatic carbocycles. The van der Waals surface area contributed by atoms with E-state index < -0.39 is 11.9 Å². The molecule has 11 nitrogen and oxygen atoms in total. The molecule has 0 bridgehead atoms. The largest absolute Gasteiger partial charge is 0.342 e. The molecule has 44 heavy (non-hydrogen) atoms. The summed E-state index contributed by atoms with van der Waals surface area (Å²) in [6.45, 7) is 8.28. The van der Waals surface area contributed by atoms with Crippen molar-refractivity contribution in [2.75, 3.05) is 32.7 Å². The molecule has 2 aromatic heterocycles. The molecule has 4 aromatic rings. The number of rotatable bonds is 10. The third kappa shape index (κ3) is 7.90. The summed E-state index contributed by atoms with van der Waals surface area (Å²) in [5, 5.41) is 15.1. The van der Waals surface area contributed by atoms with E-state index in [1.54, 1.807) is 24.3 Å². The fraction of sp³-hybridized carbons (Fsp3) is 0.355. The number of aromatic nitrogens is 6. The van der Waals surface area contributed by atoms with E-state index in [0.717, 1.165) is 43.6 Å². The third-order valence-corrected chi connectivity index (χ3v) is 8.02. The molecule has 0 radical (unpaired) electrons. The normalized spacial score (nSPS) is 15.0. The summed E-state index contributed by atoms with van der Waals surface area (Å²) in [6.07, 6.45) is 6.47. The van der Waals surface area contributed by atoms with E-state index in [4.69, 9.17) is 28.2 Å². The first-order valence-corrected chi connectivity index (χ1v) is 15.4. The number of amides is 2. The van der Waals surface area contributed by atoms with Crippen LogP contribution in [0.3, 0.4) is 0 Å². The number of carbonyl (C=O) groups is 2. The highest BCUT2D eigenvalue weighted by molar-refractivity contribution is 6.32. The summed E-state index contributed by atoms with van der Waals surface area (Å²) in [5.74, 6) is -0.0714. The first-order chi connectivity index (χ1) is 21.3. The van der Waals surface area contributed by atoms with Crippen LogP contribution in [0, 0.1) is 6.92 Å². The van der Waals surface area contributed by atoms with Crippen molar-refractivity contribution in [2.45, 2.75) is 39.2 Å². The van der Waals surface area contributed by atoms with Gasteiger partial charge in [0.1, 0.15) is 23.0 Å². The molecule has 2 amide bonds. The minimum atomic E-state index is -0.746. The summed E-state index contributed by atoms with van der Waals surface area (Å²) >= 11 is 12.8. The topological polar surface area (TPSA) is 125 Å². The number of tetrazole rings is 1. The first-order valence-electron chi connectivity index (χ1n) is 14.6. The van der Waals surface area contributed by atoms with Crippen molar-refractivity contribution in [1.82, 2.24) is 45.3 Å². The van der Waals surface area contributed by atoms with Gasteiger partial charge in [0.25, 0.3) is 0 Å². The molecule has 2 aromatic carbocycles. The van der Waals surface area contributed by atoms with Gasteiger partial charge in [0.2, 0.25) is 11.8 Å². The first kappa shape index (κ1) is 31.4. The predicted octanol–water partition coefficient (Wildman–Crippen LogP) is 4.87. The third-order valence-electron chi connectivity index (χ3n) is 7.51. The van der Waals surface area contributed by atoms with Crippen LogP contribution in [0.4, 0.5) is 0 Å². The number of hydrogen-bond acceptors (Lipinski definition) is 7. The van der Waals surface area contributed by atoms with E-state index in [-0.39, 0.29) is 12.3 Å². The maximum atomic E-state index is 13.6. The summed E-state index contributed by atoms with van der Waals surface area (Å²) < 4.78 is 1.48. The molecule has 0 unspecified atom stereocenters. The number of imidazole rings is 1. The van der Waals surface area contributed by atoms with Gasteiger partial charge in [-0.1, -0.05) is 60.0 Å². The van der Waals surface area contributed by atoms with Crippen LogP contribution in [0.1, 0.15) is 49.2 Å². The highest BCUT2D eigenvalue weighted by atomic mass is 35.5. The van der Waals surface area contributed by atoms with Crippen LogP contribution >= 0.6 is 23.2 Å². The second-order valence-electron chi connectivity index (χ2n) is 10.8. The molecule has 13 heteroatoms. The summed E-state index contributed by atoms with van der Waals surface area (Å²) in [4.78, 5) is 39.0. The highest BCUT2D eigenvalue weighted by Gasteiger charge is 2.27. The zero-order chi connectivity index (χ0) is 31.1. The maximum Gasteiger partial charge on any atom is 0.244 e. The summed E-state index contributed by atoms with van der Waals surface area (Å²) in [5.41, 5.74) is 3.78. The molecule has 1 atom stereocenters. The van der Waals surface area contributed by atoms with E-state index in [1.165, 1.54) is 17.1 Å². The van der Waals surface area contributed by atoms with E-state index in [2.05, 4.69) is 37.6 Å². The SMILES string of the molecule is CCCN1CCCN(C(=O)C[C@H](NC(=O)/C=C/c2cc(Cl)ccc2-n2cnnn2)c2nc(-c3ccc(C)cc3)c(Cl)[nH]2)CC1. The van der Waals surface area contributed by atoms with Crippen LogP contribution in [0.25, 0.3) is 23.0 Å². The van der Waals surface area contributed by atoms with Crippen molar-refractivity contribution < 1.29 is 9.59 Å². The summed E-state index contributed by atoms with van der Waals surface area (Å²) in [6, 6.07) is 12.3. The van der Waals surface area contributed by atoms with Gasteiger partial charge in [0, 0.05) is 41.9 Å². The number of halogens is 2. The van der Waals surface area contributed by atoms with E-state index in [0.29, 0.717) is 46.0 Å². The maximum absolute atomic E-state index is 13.6. The fourth-order valence-corrected chi connectivity index (χ4v) is 5.67. The number of carbonyl (C=O) groups excluding carboxylic acids is 2. The molecule has 230 valence electrons. The summed E-state index contributed by atoms with van der Waals surface area (Å²) in [7, 11) is 0. The Bertz CT molecular complexity index is 1600. The molecule has 1 aliphatic rings. The monoisotopic (exact) mass is 635 g/mol. The van der Waals surface area contributed by atoms with Gasteiger partial charge < -0.3 is 20.1 Å². The molecule has 1 saturated heterocycles. The van der Waals surface area contributed by atoms with Gasteiger partial charge >= 0.3 is 0 Å². The van der Waals surface area contributed by atoms with Crippen molar-refractivity contribution in [3.8, 4) is 16.9 Å². The van der Waals surface area contributed by atoms with Crippen molar-refractivity contribution >= 4 is 41.1 Å². The molecule has 5 rings (SSSR count).